The van der Waals surface area contributed by atoms with Crippen LogP contribution in [-0.4, -0.2) is 43.4 Å². The maximum Gasteiger partial charge on any atom is 0.164 e. The lowest BCUT2D eigenvalue weighted by atomic mass is 10.1. The zero-order valence-corrected chi connectivity index (χ0v) is 13.1. The SMILES string of the molecule is O=C(CCN1CCN(c2ccccc2F)CC1)c1ccccc1. The first-order valence-electron chi connectivity index (χ1n) is 8.04. The predicted octanol–water partition coefficient (Wildman–Crippen LogP) is 3.22. The van der Waals surface area contributed by atoms with Gasteiger partial charge in [-0.3, -0.25) is 9.69 Å². The van der Waals surface area contributed by atoms with Crippen molar-refractivity contribution in [2.45, 2.75) is 6.42 Å². The van der Waals surface area contributed by atoms with Crippen molar-refractivity contribution in [3.8, 4) is 0 Å². The summed E-state index contributed by atoms with van der Waals surface area (Å²) in [6.07, 6.45) is 0.531. The molecule has 0 bridgehead atoms. The molecule has 1 aliphatic heterocycles. The van der Waals surface area contributed by atoms with E-state index in [1.807, 2.05) is 42.5 Å². The molecule has 1 saturated heterocycles. The lowest BCUT2D eigenvalue weighted by Gasteiger charge is -2.36. The molecule has 23 heavy (non-hydrogen) atoms. The minimum absolute atomic E-state index is 0.166. The number of halogens is 1. The summed E-state index contributed by atoms with van der Waals surface area (Å²) in [4.78, 5) is 16.5. The highest BCUT2D eigenvalue weighted by Gasteiger charge is 2.19. The molecule has 120 valence electrons. The maximum absolute atomic E-state index is 13.8. The second-order valence-electron chi connectivity index (χ2n) is 5.82. The molecule has 0 amide bonds. The normalized spacial score (nSPS) is 15.6. The molecule has 1 aliphatic rings. The smallest absolute Gasteiger partial charge is 0.164 e. The number of benzene rings is 2. The van der Waals surface area contributed by atoms with E-state index >= 15 is 0 Å². The quantitative estimate of drug-likeness (QED) is 0.792. The van der Waals surface area contributed by atoms with Crippen molar-refractivity contribution in [3.63, 3.8) is 0 Å². The number of rotatable bonds is 5. The van der Waals surface area contributed by atoms with Crippen LogP contribution in [0.4, 0.5) is 10.1 Å². The van der Waals surface area contributed by atoms with Crippen LogP contribution in [-0.2, 0) is 0 Å². The summed E-state index contributed by atoms with van der Waals surface area (Å²) in [5, 5.41) is 0. The Kier molecular flexibility index (Phi) is 5.03. The highest BCUT2D eigenvalue weighted by Crippen LogP contribution is 2.20. The first kappa shape index (κ1) is 15.7. The number of hydrogen-bond acceptors (Lipinski definition) is 3. The van der Waals surface area contributed by atoms with E-state index in [9.17, 15) is 9.18 Å². The topological polar surface area (TPSA) is 23.6 Å². The summed E-state index contributed by atoms with van der Waals surface area (Å²) in [6.45, 7) is 4.06. The van der Waals surface area contributed by atoms with Crippen LogP contribution < -0.4 is 4.90 Å². The third kappa shape index (κ3) is 3.96. The Morgan fingerprint density at radius 1 is 0.913 bits per heavy atom. The summed E-state index contributed by atoms with van der Waals surface area (Å²) in [7, 11) is 0. The van der Waals surface area contributed by atoms with E-state index in [-0.39, 0.29) is 11.6 Å². The molecule has 1 heterocycles. The predicted molar refractivity (Wildman–Crippen MR) is 90.4 cm³/mol. The lowest BCUT2D eigenvalue weighted by Crippen LogP contribution is -2.47. The molecule has 3 rings (SSSR count). The largest absolute Gasteiger partial charge is 0.367 e. The lowest BCUT2D eigenvalue weighted by molar-refractivity contribution is 0.0962. The minimum atomic E-state index is -0.166. The fraction of sp³-hybridized carbons (Fsp3) is 0.316. The summed E-state index contributed by atoms with van der Waals surface area (Å²) in [6, 6.07) is 16.3. The number of nitrogens with zero attached hydrogens (tertiary/aromatic N) is 2. The summed E-state index contributed by atoms with van der Waals surface area (Å²) < 4.78 is 13.8. The molecule has 1 fully saturated rings. The van der Waals surface area contributed by atoms with Crippen molar-refractivity contribution in [1.29, 1.82) is 0 Å². The van der Waals surface area contributed by atoms with Gasteiger partial charge >= 0.3 is 0 Å². The molecule has 0 aliphatic carbocycles. The van der Waals surface area contributed by atoms with Crippen LogP contribution in [0.3, 0.4) is 0 Å². The second-order valence-corrected chi connectivity index (χ2v) is 5.82. The Labute approximate surface area is 136 Å². The molecule has 0 saturated carbocycles. The second kappa shape index (κ2) is 7.38. The van der Waals surface area contributed by atoms with Crippen LogP contribution in [0.15, 0.2) is 54.6 Å². The molecule has 4 heteroatoms. The fourth-order valence-corrected chi connectivity index (χ4v) is 2.95. The highest BCUT2D eigenvalue weighted by molar-refractivity contribution is 5.96. The van der Waals surface area contributed by atoms with E-state index < -0.39 is 0 Å². The van der Waals surface area contributed by atoms with Crippen molar-refractivity contribution in [1.82, 2.24) is 4.90 Å². The van der Waals surface area contributed by atoms with Gasteiger partial charge in [0.15, 0.2) is 5.78 Å². The van der Waals surface area contributed by atoms with Crippen molar-refractivity contribution in [3.05, 3.63) is 66.0 Å². The van der Waals surface area contributed by atoms with Gasteiger partial charge in [-0.25, -0.2) is 4.39 Å². The van der Waals surface area contributed by atoms with E-state index in [0.717, 1.165) is 38.3 Å². The van der Waals surface area contributed by atoms with Gasteiger partial charge in [-0.1, -0.05) is 42.5 Å². The number of anilines is 1. The standard InChI is InChI=1S/C19H21FN2O/c20-17-8-4-5-9-18(17)22-14-12-21(13-15-22)11-10-19(23)16-6-2-1-3-7-16/h1-9H,10-15H2. The highest BCUT2D eigenvalue weighted by atomic mass is 19.1. The Morgan fingerprint density at radius 3 is 2.26 bits per heavy atom. The van der Waals surface area contributed by atoms with Crippen molar-refractivity contribution in [2.75, 3.05) is 37.6 Å². The van der Waals surface area contributed by atoms with Gasteiger partial charge in [0.05, 0.1) is 5.69 Å². The molecular formula is C19H21FN2O. The summed E-state index contributed by atoms with van der Waals surface area (Å²) in [5.74, 6) is 0.0161. The molecule has 0 spiro atoms. The molecule has 0 radical (unpaired) electrons. The van der Waals surface area contributed by atoms with Crippen LogP contribution >= 0.6 is 0 Å². The number of carbonyl (C=O) groups is 1. The van der Waals surface area contributed by atoms with Gasteiger partial charge in [0.25, 0.3) is 0 Å². The molecule has 2 aromatic carbocycles. The molecule has 2 aromatic rings. The Morgan fingerprint density at radius 2 is 1.57 bits per heavy atom. The summed E-state index contributed by atoms with van der Waals surface area (Å²) in [5.41, 5.74) is 1.45. The number of piperazine rings is 1. The van der Waals surface area contributed by atoms with Gasteiger partial charge in [-0.15, -0.1) is 0 Å². The van der Waals surface area contributed by atoms with Gasteiger partial charge in [0.2, 0.25) is 0 Å². The van der Waals surface area contributed by atoms with Crippen LogP contribution in [0, 0.1) is 5.82 Å². The number of hydrogen-bond donors (Lipinski definition) is 0. The molecule has 0 atom stereocenters. The zero-order valence-electron chi connectivity index (χ0n) is 13.1. The van der Waals surface area contributed by atoms with Crippen molar-refractivity contribution >= 4 is 11.5 Å². The van der Waals surface area contributed by atoms with Crippen LogP contribution in [0.1, 0.15) is 16.8 Å². The molecule has 0 aromatic heterocycles. The van der Waals surface area contributed by atoms with E-state index in [2.05, 4.69) is 9.80 Å². The first-order chi connectivity index (χ1) is 11.2. The monoisotopic (exact) mass is 312 g/mol. The molecule has 0 unspecified atom stereocenters. The van der Waals surface area contributed by atoms with Crippen LogP contribution in [0.25, 0.3) is 0 Å². The fourth-order valence-electron chi connectivity index (χ4n) is 2.95. The van der Waals surface area contributed by atoms with Gasteiger partial charge in [-0.2, -0.15) is 0 Å². The zero-order chi connectivity index (χ0) is 16.1. The maximum atomic E-state index is 13.8. The Hall–Kier alpha value is -2.20. The first-order valence-corrected chi connectivity index (χ1v) is 8.04. The Balaban J connectivity index is 1.48. The van der Waals surface area contributed by atoms with E-state index in [1.54, 1.807) is 6.07 Å². The number of para-hydroxylation sites is 1. The third-order valence-electron chi connectivity index (χ3n) is 4.32. The van der Waals surface area contributed by atoms with E-state index in [0.29, 0.717) is 12.1 Å². The number of ketones is 1. The average Bonchev–Trinajstić information content (AvgIpc) is 2.61. The van der Waals surface area contributed by atoms with E-state index in [1.165, 1.54) is 6.07 Å². The van der Waals surface area contributed by atoms with E-state index in [4.69, 9.17) is 0 Å². The minimum Gasteiger partial charge on any atom is -0.367 e. The van der Waals surface area contributed by atoms with Crippen LogP contribution in [0.5, 0.6) is 0 Å². The number of carbonyl (C=O) groups excluding carboxylic acids is 1. The Bertz CT molecular complexity index is 651. The third-order valence-corrected chi connectivity index (χ3v) is 4.32. The van der Waals surface area contributed by atoms with Crippen molar-refractivity contribution in [2.24, 2.45) is 0 Å². The van der Waals surface area contributed by atoms with Gasteiger partial charge in [0, 0.05) is 44.7 Å². The number of Topliss-reactive ketones (excluding diaryl/α,β-unsaturated/α-hetero) is 1. The van der Waals surface area contributed by atoms with Gasteiger partial charge in [0.1, 0.15) is 5.82 Å². The molecule has 3 nitrogen and oxygen atoms in total. The molecule has 0 N–H and O–H groups in total. The summed E-state index contributed by atoms with van der Waals surface area (Å²) >= 11 is 0. The molecular weight excluding hydrogens is 291 g/mol. The van der Waals surface area contributed by atoms with Gasteiger partial charge in [-0.05, 0) is 12.1 Å². The van der Waals surface area contributed by atoms with Crippen molar-refractivity contribution < 1.29 is 9.18 Å². The average molecular weight is 312 g/mol. The van der Waals surface area contributed by atoms with Gasteiger partial charge < -0.3 is 4.90 Å². The van der Waals surface area contributed by atoms with Crippen LogP contribution in [0.2, 0.25) is 0 Å².